The molecule has 0 atom stereocenters. The fourth-order valence-electron chi connectivity index (χ4n) is 1.72. The summed E-state index contributed by atoms with van der Waals surface area (Å²) in [5.41, 5.74) is 0. The van der Waals surface area contributed by atoms with Gasteiger partial charge in [-0.3, -0.25) is 0 Å². The summed E-state index contributed by atoms with van der Waals surface area (Å²) in [6.07, 6.45) is 11.3. The first kappa shape index (κ1) is 16.8. The fraction of sp³-hybridized carbons (Fsp3) is 1.00. The first-order chi connectivity index (χ1) is 7.12. The van der Waals surface area contributed by atoms with Crippen molar-refractivity contribution in [1.82, 2.24) is 0 Å². The molecular formula is C12H26Br2Sn. The van der Waals surface area contributed by atoms with E-state index in [4.69, 9.17) is 0 Å². The van der Waals surface area contributed by atoms with Gasteiger partial charge in [0, 0.05) is 0 Å². The average Bonchev–Trinajstić information content (AvgIpc) is 2.20. The van der Waals surface area contributed by atoms with Crippen LogP contribution in [-0.4, -0.2) is 13.9 Å². The Labute approximate surface area is 112 Å². The summed E-state index contributed by atoms with van der Waals surface area (Å²) in [5.74, 6) is 0. The number of rotatable bonds is 10. The van der Waals surface area contributed by atoms with Crippen LogP contribution in [0.2, 0.25) is 8.87 Å². The van der Waals surface area contributed by atoms with Crippen molar-refractivity contribution >= 4 is 39.3 Å². The van der Waals surface area contributed by atoms with Crippen LogP contribution in [0.1, 0.15) is 65.2 Å². The zero-order valence-electron chi connectivity index (χ0n) is 10.3. The summed E-state index contributed by atoms with van der Waals surface area (Å²) >= 11 is 6.11. The molecule has 0 bridgehead atoms. The molecule has 0 aromatic heterocycles. The number of hydrogen-bond donors (Lipinski definition) is 0. The molecule has 0 amide bonds. The molecule has 3 heteroatoms. The van der Waals surface area contributed by atoms with Gasteiger partial charge in [0.25, 0.3) is 0 Å². The molecule has 0 aliphatic heterocycles. The van der Waals surface area contributed by atoms with Crippen molar-refractivity contribution in [2.75, 3.05) is 0 Å². The quantitative estimate of drug-likeness (QED) is 0.269. The topological polar surface area (TPSA) is 0 Å². The van der Waals surface area contributed by atoms with Gasteiger partial charge < -0.3 is 0 Å². The summed E-state index contributed by atoms with van der Waals surface area (Å²) in [6.45, 7) is 4.57. The van der Waals surface area contributed by atoms with E-state index in [0.717, 1.165) is 0 Å². The standard InChI is InChI=1S/C8H17.C4H9.2BrH.Sn/c1-3-5-7-8-6-4-2;1-3-4-2;;;/h1,3-8H2,2H3;1,3-4H2,2H3;2*1H;/q;;;;+2/p-2. The second-order valence-corrected chi connectivity index (χ2v) is 39.7. The number of hydrogen-bond acceptors (Lipinski definition) is 0. The second-order valence-electron chi connectivity index (χ2n) is 4.48. The Hall–Kier alpha value is 1.76. The zero-order chi connectivity index (χ0) is 11.6. The molecule has 0 spiro atoms. The Morgan fingerprint density at radius 1 is 0.667 bits per heavy atom. The Balaban J connectivity index is 3.32. The van der Waals surface area contributed by atoms with Gasteiger partial charge in [0.15, 0.2) is 0 Å². The zero-order valence-corrected chi connectivity index (χ0v) is 16.4. The van der Waals surface area contributed by atoms with Gasteiger partial charge in [-0.15, -0.1) is 0 Å². The maximum atomic E-state index is 3.99. The molecule has 0 heterocycles. The van der Waals surface area contributed by atoms with Crippen LogP contribution in [0.15, 0.2) is 0 Å². The van der Waals surface area contributed by atoms with E-state index in [9.17, 15) is 0 Å². The van der Waals surface area contributed by atoms with Gasteiger partial charge in [0.05, 0.1) is 0 Å². The molecule has 92 valence electrons. The van der Waals surface area contributed by atoms with Crippen molar-refractivity contribution < 1.29 is 0 Å². The van der Waals surface area contributed by atoms with Crippen LogP contribution < -0.4 is 0 Å². The maximum absolute atomic E-state index is 3.99. The molecule has 15 heavy (non-hydrogen) atoms. The van der Waals surface area contributed by atoms with Crippen LogP contribution in [0.5, 0.6) is 0 Å². The molecule has 0 saturated heterocycles. The molecule has 0 aromatic rings. The predicted octanol–water partition coefficient (Wildman–Crippen LogP) is 6.38. The van der Waals surface area contributed by atoms with Gasteiger partial charge in [-0.25, -0.2) is 0 Å². The summed E-state index contributed by atoms with van der Waals surface area (Å²) in [6, 6.07) is 0. The van der Waals surface area contributed by atoms with Crippen LogP contribution in [0.3, 0.4) is 0 Å². The van der Waals surface area contributed by atoms with Crippen LogP contribution in [0.25, 0.3) is 0 Å². The Kier molecular flexibility index (Phi) is 12.2. The first-order valence-corrected chi connectivity index (χ1v) is 23.3. The first-order valence-electron chi connectivity index (χ1n) is 6.50. The second kappa shape index (κ2) is 10.9. The van der Waals surface area contributed by atoms with Crippen LogP contribution in [-0.2, 0) is 0 Å². The van der Waals surface area contributed by atoms with Crippen LogP contribution in [0.4, 0.5) is 0 Å². The van der Waals surface area contributed by atoms with Gasteiger partial charge in [-0.2, -0.15) is 0 Å². The molecule has 0 radical (unpaired) electrons. The van der Waals surface area contributed by atoms with E-state index in [-0.39, 0.29) is 0 Å². The third-order valence-corrected chi connectivity index (χ3v) is 19.6. The molecule has 0 fully saturated rings. The van der Waals surface area contributed by atoms with E-state index in [1.54, 1.807) is 0 Å². The van der Waals surface area contributed by atoms with E-state index < -0.39 is 13.9 Å². The Bertz CT molecular complexity index is 138. The normalized spacial score (nSPS) is 12.0. The van der Waals surface area contributed by atoms with E-state index in [0.29, 0.717) is 0 Å². The summed E-state index contributed by atoms with van der Waals surface area (Å²) < 4.78 is 2.93. The van der Waals surface area contributed by atoms with Gasteiger partial charge in [0.2, 0.25) is 0 Å². The van der Waals surface area contributed by atoms with E-state index in [2.05, 4.69) is 39.3 Å². The van der Waals surface area contributed by atoms with Gasteiger partial charge in [-0.1, -0.05) is 0 Å². The minimum atomic E-state index is -1.88. The Morgan fingerprint density at radius 2 is 1.13 bits per heavy atom. The Morgan fingerprint density at radius 3 is 1.73 bits per heavy atom. The molecule has 0 aliphatic carbocycles. The van der Waals surface area contributed by atoms with Crippen LogP contribution in [0, 0.1) is 0 Å². The molecule has 0 nitrogen and oxygen atoms in total. The summed E-state index contributed by atoms with van der Waals surface area (Å²) in [4.78, 5) is 0. The third kappa shape index (κ3) is 12.0. The van der Waals surface area contributed by atoms with E-state index >= 15 is 0 Å². The van der Waals surface area contributed by atoms with Crippen molar-refractivity contribution in [2.24, 2.45) is 0 Å². The average molecular weight is 449 g/mol. The molecule has 0 aliphatic rings. The SMILES string of the molecule is CCCCCCC[CH2][Sn]([Br])([Br])[CH2]CCC. The van der Waals surface area contributed by atoms with Crippen molar-refractivity contribution in [3.05, 3.63) is 0 Å². The van der Waals surface area contributed by atoms with Crippen molar-refractivity contribution in [3.8, 4) is 0 Å². The third-order valence-electron chi connectivity index (χ3n) is 2.79. The van der Waals surface area contributed by atoms with Crippen molar-refractivity contribution in [3.63, 3.8) is 0 Å². The van der Waals surface area contributed by atoms with Crippen LogP contribution >= 0.6 is 25.4 Å². The van der Waals surface area contributed by atoms with Gasteiger partial charge in [0.1, 0.15) is 0 Å². The molecule has 0 unspecified atom stereocenters. The molecule has 0 rings (SSSR count). The van der Waals surface area contributed by atoms with Gasteiger partial charge >= 0.3 is 113 Å². The van der Waals surface area contributed by atoms with Crippen molar-refractivity contribution in [1.29, 1.82) is 0 Å². The predicted molar refractivity (Wildman–Crippen MR) is 81.5 cm³/mol. The monoisotopic (exact) mass is 448 g/mol. The molecule has 0 saturated carbocycles. The van der Waals surface area contributed by atoms with E-state index in [1.807, 2.05) is 0 Å². The van der Waals surface area contributed by atoms with E-state index in [1.165, 1.54) is 60.2 Å². The van der Waals surface area contributed by atoms with Crippen molar-refractivity contribution in [2.45, 2.75) is 74.1 Å². The molecule has 0 aromatic carbocycles. The molecular weight excluding hydrogens is 423 g/mol. The number of halogens is 2. The minimum absolute atomic E-state index is 1.34. The molecule has 0 N–H and O–H groups in total. The summed E-state index contributed by atoms with van der Waals surface area (Å²) in [5, 5.41) is 0. The summed E-state index contributed by atoms with van der Waals surface area (Å²) in [7, 11) is 0. The van der Waals surface area contributed by atoms with Gasteiger partial charge in [-0.05, 0) is 0 Å². The number of unbranched alkanes of at least 4 members (excludes halogenated alkanes) is 6. The fourth-order valence-corrected chi connectivity index (χ4v) is 14.6.